The smallest absolute Gasteiger partial charge is 0.0731 e. The molecule has 0 amide bonds. The van der Waals surface area contributed by atoms with Crippen LogP contribution in [0.3, 0.4) is 0 Å². The molecular formula is C14H27NO. The van der Waals surface area contributed by atoms with Gasteiger partial charge < -0.3 is 10.1 Å². The van der Waals surface area contributed by atoms with Crippen molar-refractivity contribution in [3.8, 4) is 0 Å². The lowest BCUT2D eigenvalue weighted by atomic mass is 9.77. The van der Waals surface area contributed by atoms with E-state index in [1.807, 2.05) is 0 Å². The fraction of sp³-hybridized carbons (Fsp3) is 1.00. The Morgan fingerprint density at radius 3 is 2.50 bits per heavy atom. The fourth-order valence-electron chi connectivity index (χ4n) is 3.37. The third-order valence-corrected chi connectivity index (χ3v) is 4.37. The standard InChI is InChI=1S/C14H27NO/c1-3-15-14(13-5-4-10-16-13)12-8-6-11(2)7-9-12/h11-15H,3-10H2,1-2H3. The minimum atomic E-state index is 0.498. The summed E-state index contributed by atoms with van der Waals surface area (Å²) in [6.45, 7) is 6.67. The molecule has 2 atom stereocenters. The maximum Gasteiger partial charge on any atom is 0.0731 e. The minimum absolute atomic E-state index is 0.498. The fourth-order valence-corrected chi connectivity index (χ4v) is 3.37. The lowest BCUT2D eigenvalue weighted by Gasteiger charge is -2.36. The Labute approximate surface area is 100 Å². The Balaban J connectivity index is 1.90. The van der Waals surface area contributed by atoms with Gasteiger partial charge in [-0.1, -0.05) is 26.7 Å². The summed E-state index contributed by atoms with van der Waals surface area (Å²) in [5, 5.41) is 3.68. The topological polar surface area (TPSA) is 21.3 Å². The molecule has 0 radical (unpaired) electrons. The van der Waals surface area contributed by atoms with Crippen LogP contribution in [0.4, 0.5) is 0 Å². The highest BCUT2D eigenvalue weighted by molar-refractivity contribution is 4.88. The molecule has 2 aliphatic rings. The summed E-state index contributed by atoms with van der Waals surface area (Å²) < 4.78 is 5.89. The molecule has 2 fully saturated rings. The molecule has 2 rings (SSSR count). The second-order valence-electron chi connectivity index (χ2n) is 5.65. The van der Waals surface area contributed by atoms with Crippen LogP contribution >= 0.6 is 0 Å². The number of nitrogens with one attached hydrogen (secondary N) is 1. The zero-order valence-corrected chi connectivity index (χ0v) is 10.9. The Hall–Kier alpha value is -0.0800. The van der Waals surface area contributed by atoms with E-state index in [0.717, 1.165) is 25.0 Å². The average Bonchev–Trinajstić information content (AvgIpc) is 2.81. The quantitative estimate of drug-likeness (QED) is 0.794. The third kappa shape index (κ3) is 2.98. The number of hydrogen-bond donors (Lipinski definition) is 1. The first-order chi connectivity index (χ1) is 7.81. The summed E-state index contributed by atoms with van der Waals surface area (Å²) in [5.74, 6) is 1.81. The van der Waals surface area contributed by atoms with E-state index in [1.54, 1.807) is 0 Å². The molecule has 0 aromatic carbocycles. The zero-order valence-electron chi connectivity index (χ0n) is 10.9. The van der Waals surface area contributed by atoms with E-state index in [2.05, 4.69) is 19.2 Å². The van der Waals surface area contributed by atoms with Crippen molar-refractivity contribution >= 4 is 0 Å². The Kier molecular flexibility index (Phi) is 4.66. The van der Waals surface area contributed by atoms with E-state index in [9.17, 15) is 0 Å². The Bertz CT molecular complexity index is 193. The van der Waals surface area contributed by atoms with Crippen LogP contribution in [-0.4, -0.2) is 25.3 Å². The SMILES string of the molecule is CCNC(C1CCC(C)CC1)C1CCCO1. The molecule has 2 nitrogen and oxygen atoms in total. The van der Waals surface area contributed by atoms with E-state index < -0.39 is 0 Å². The van der Waals surface area contributed by atoms with Crippen molar-refractivity contribution in [2.24, 2.45) is 11.8 Å². The minimum Gasteiger partial charge on any atom is -0.377 e. The number of rotatable bonds is 4. The van der Waals surface area contributed by atoms with Gasteiger partial charge in [0.15, 0.2) is 0 Å². The Morgan fingerprint density at radius 1 is 1.19 bits per heavy atom. The van der Waals surface area contributed by atoms with Gasteiger partial charge in [-0.3, -0.25) is 0 Å². The van der Waals surface area contributed by atoms with Crippen LogP contribution in [0.5, 0.6) is 0 Å². The molecule has 2 unspecified atom stereocenters. The molecule has 0 bridgehead atoms. The monoisotopic (exact) mass is 225 g/mol. The zero-order chi connectivity index (χ0) is 11.4. The summed E-state index contributed by atoms with van der Waals surface area (Å²) in [5.41, 5.74) is 0. The normalized spacial score (nSPS) is 37.5. The average molecular weight is 225 g/mol. The molecule has 94 valence electrons. The number of ether oxygens (including phenoxy) is 1. The second kappa shape index (κ2) is 6.02. The molecule has 16 heavy (non-hydrogen) atoms. The maximum absolute atomic E-state index is 5.89. The van der Waals surface area contributed by atoms with Crippen LogP contribution < -0.4 is 5.32 Å². The summed E-state index contributed by atoms with van der Waals surface area (Å²) in [6, 6.07) is 0.625. The number of hydrogen-bond acceptors (Lipinski definition) is 2. The van der Waals surface area contributed by atoms with Crippen molar-refractivity contribution in [3.05, 3.63) is 0 Å². The van der Waals surface area contributed by atoms with E-state index in [1.165, 1.54) is 38.5 Å². The predicted octanol–water partition coefficient (Wildman–Crippen LogP) is 2.97. The van der Waals surface area contributed by atoms with Gasteiger partial charge in [0.2, 0.25) is 0 Å². The van der Waals surface area contributed by atoms with Crippen molar-refractivity contribution in [2.45, 2.75) is 64.5 Å². The van der Waals surface area contributed by atoms with Gasteiger partial charge in [0.05, 0.1) is 6.10 Å². The van der Waals surface area contributed by atoms with Gasteiger partial charge in [0, 0.05) is 12.6 Å². The van der Waals surface area contributed by atoms with E-state index in [-0.39, 0.29) is 0 Å². The first-order valence-corrected chi connectivity index (χ1v) is 7.16. The van der Waals surface area contributed by atoms with Gasteiger partial charge in [-0.25, -0.2) is 0 Å². The van der Waals surface area contributed by atoms with Gasteiger partial charge in [0.25, 0.3) is 0 Å². The van der Waals surface area contributed by atoms with Crippen LogP contribution in [0.25, 0.3) is 0 Å². The highest BCUT2D eigenvalue weighted by Gasteiger charge is 2.33. The summed E-state index contributed by atoms with van der Waals surface area (Å²) in [7, 11) is 0. The van der Waals surface area contributed by atoms with Crippen molar-refractivity contribution in [1.82, 2.24) is 5.32 Å². The predicted molar refractivity (Wildman–Crippen MR) is 67.6 cm³/mol. The lowest BCUT2D eigenvalue weighted by Crippen LogP contribution is -2.46. The largest absolute Gasteiger partial charge is 0.377 e. The summed E-state index contributed by atoms with van der Waals surface area (Å²) >= 11 is 0. The molecule has 0 aromatic heterocycles. The lowest BCUT2D eigenvalue weighted by molar-refractivity contribution is 0.0468. The maximum atomic E-state index is 5.89. The number of likely N-dealkylation sites (N-methyl/N-ethyl adjacent to an activating group) is 1. The highest BCUT2D eigenvalue weighted by atomic mass is 16.5. The molecule has 0 aromatic rings. The van der Waals surface area contributed by atoms with Crippen LogP contribution in [-0.2, 0) is 4.74 Å². The Morgan fingerprint density at radius 2 is 1.94 bits per heavy atom. The van der Waals surface area contributed by atoms with Gasteiger partial charge in [-0.05, 0) is 44.1 Å². The van der Waals surface area contributed by atoms with Crippen molar-refractivity contribution in [3.63, 3.8) is 0 Å². The van der Waals surface area contributed by atoms with Crippen molar-refractivity contribution in [2.75, 3.05) is 13.2 Å². The van der Waals surface area contributed by atoms with Crippen molar-refractivity contribution < 1.29 is 4.74 Å². The first-order valence-electron chi connectivity index (χ1n) is 7.16. The third-order valence-electron chi connectivity index (χ3n) is 4.37. The van der Waals surface area contributed by atoms with Gasteiger partial charge in [-0.15, -0.1) is 0 Å². The molecule has 1 heterocycles. The molecule has 2 heteroatoms. The molecule has 1 aliphatic heterocycles. The molecule has 1 N–H and O–H groups in total. The summed E-state index contributed by atoms with van der Waals surface area (Å²) in [6.07, 6.45) is 8.66. The molecule has 1 saturated heterocycles. The van der Waals surface area contributed by atoms with E-state index >= 15 is 0 Å². The molecular weight excluding hydrogens is 198 g/mol. The van der Waals surface area contributed by atoms with Crippen LogP contribution in [0.15, 0.2) is 0 Å². The van der Waals surface area contributed by atoms with Gasteiger partial charge in [0.1, 0.15) is 0 Å². The molecule has 1 aliphatic carbocycles. The first kappa shape index (κ1) is 12.4. The van der Waals surface area contributed by atoms with Gasteiger partial charge in [-0.2, -0.15) is 0 Å². The van der Waals surface area contributed by atoms with E-state index in [4.69, 9.17) is 4.74 Å². The highest BCUT2D eigenvalue weighted by Crippen LogP contribution is 2.33. The summed E-state index contributed by atoms with van der Waals surface area (Å²) in [4.78, 5) is 0. The van der Waals surface area contributed by atoms with Crippen molar-refractivity contribution in [1.29, 1.82) is 0 Å². The molecule has 1 saturated carbocycles. The van der Waals surface area contributed by atoms with Crippen LogP contribution in [0.1, 0.15) is 52.4 Å². The second-order valence-corrected chi connectivity index (χ2v) is 5.65. The van der Waals surface area contributed by atoms with E-state index in [0.29, 0.717) is 12.1 Å². The molecule has 0 spiro atoms. The van der Waals surface area contributed by atoms with Crippen LogP contribution in [0.2, 0.25) is 0 Å². The van der Waals surface area contributed by atoms with Crippen LogP contribution in [0, 0.1) is 11.8 Å². The van der Waals surface area contributed by atoms with Gasteiger partial charge >= 0.3 is 0 Å².